The zero-order valence-corrected chi connectivity index (χ0v) is 10.5. The highest BCUT2D eigenvalue weighted by Gasteiger charge is 2.15. The molecule has 15 heavy (non-hydrogen) atoms. The fourth-order valence-corrected chi connectivity index (χ4v) is 3.38. The van der Waals surface area contributed by atoms with Gasteiger partial charge in [0, 0.05) is 16.5 Å². The van der Waals surface area contributed by atoms with Crippen LogP contribution >= 0.6 is 23.3 Å². The average Bonchev–Trinajstić information content (AvgIpc) is 2.65. The molecule has 0 saturated carbocycles. The average molecular weight is 237 g/mol. The lowest BCUT2D eigenvalue weighted by Crippen LogP contribution is -1.96. The van der Waals surface area contributed by atoms with E-state index in [1.807, 2.05) is 12.5 Å². The predicted molar refractivity (Wildman–Crippen MR) is 66.1 cm³/mol. The van der Waals surface area contributed by atoms with Crippen molar-refractivity contribution in [3.63, 3.8) is 0 Å². The molecule has 0 saturated heterocycles. The number of benzene rings is 1. The number of rotatable bonds is 2. The molecule has 0 bridgehead atoms. The van der Waals surface area contributed by atoms with Crippen LogP contribution in [0.25, 0.3) is 10.1 Å². The Hall–Kier alpha value is -0.870. The van der Waals surface area contributed by atoms with Gasteiger partial charge in [0.05, 0.1) is 10.3 Å². The number of nitrogens with zero attached hydrogens (tertiary/aromatic N) is 1. The number of carbonyl (C=O) groups is 1. The molecule has 0 radical (unpaired) electrons. The zero-order chi connectivity index (χ0) is 11.0. The topological polar surface area (TPSA) is 30.0 Å². The zero-order valence-electron chi connectivity index (χ0n) is 8.83. The van der Waals surface area contributed by atoms with Gasteiger partial charge in [-0.25, -0.2) is 0 Å². The van der Waals surface area contributed by atoms with Crippen LogP contribution in [0.4, 0.5) is 0 Å². The number of hydrogen-bond acceptors (Lipinski definition) is 4. The number of ketones is 1. The molecule has 78 valence electrons. The van der Waals surface area contributed by atoms with Crippen LogP contribution in [0.2, 0.25) is 0 Å². The molecule has 1 heterocycles. The van der Waals surface area contributed by atoms with Gasteiger partial charge >= 0.3 is 0 Å². The van der Waals surface area contributed by atoms with Crippen LogP contribution in [-0.2, 0) is 0 Å². The Kier molecular flexibility index (Phi) is 2.80. The third-order valence-corrected chi connectivity index (χ3v) is 3.97. The van der Waals surface area contributed by atoms with Gasteiger partial charge in [-0.2, -0.15) is 4.37 Å². The maximum atomic E-state index is 11.6. The largest absolute Gasteiger partial charge is 0.294 e. The van der Waals surface area contributed by atoms with Crippen LogP contribution in [0, 0.1) is 6.92 Å². The second-order valence-electron chi connectivity index (χ2n) is 3.40. The number of Topliss-reactive ketones (excluding diaryl/α,β-unsaturated/α-hetero) is 1. The van der Waals surface area contributed by atoms with Crippen molar-refractivity contribution >= 4 is 39.2 Å². The molecule has 1 aromatic carbocycles. The van der Waals surface area contributed by atoms with Crippen molar-refractivity contribution in [2.24, 2.45) is 0 Å². The molecule has 1 aromatic heterocycles. The molecular weight excluding hydrogens is 226 g/mol. The van der Waals surface area contributed by atoms with Gasteiger partial charge in [-0.3, -0.25) is 4.79 Å². The summed E-state index contributed by atoms with van der Waals surface area (Å²) < 4.78 is 5.18. The van der Waals surface area contributed by atoms with Gasteiger partial charge < -0.3 is 0 Å². The van der Waals surface area contributed by atoms with Crippen LogP contribution in [0.1, 0.15) is 22.8 Å². The number of fused-ring (bicyclic) bond motifs is 1. The van der Waals surface area contributed by atoms with E-state index in [-0.39, 0.29) is 5.78 Å². The minimum Gasteiger partial charge on any atom is -0.294 e. The van der Waals surface area contributed by atoms with Crippen LogP contribution in [0.15, 0.2) is 17.2 Å². The van der Waals surface area contributed by atoms with Crippen molar-refractivity contribution in [3.05, 3.63) is 23.4 Å². The first-order valence-electron chi connectivity index (χ1n) is 4.58. The van der Waals surface area contributed by atoms with Gasteiger partial charge in [0.25, 0.3) is 0 Å². The number of hydrogen-bond donors (Lipinski definition) is 0. The molecule has 2 nitrogen and oxygen atoms in total. The molecule has 2 rings (SSSR count). The lowest BCUT2D eigenvalue weighted by molar-refractivity contribution is 0.101. The van der Waals surface area contributed by atoms with Crippen LogP contribution in [-0.4, -0.2) is 16.4 Å². The normalized spacial score (nSPS) is 10.9. The van der Waals surface area contributed by atoms with Crippen molar-refractivity contribution in [2.75, 3.05) is 6.26 Å². The lowest BCUT2D eigenvalue weighted by Gasteiger charge is -2.07. The van der Waals surface area contributed by atoms with Crippen molar-refractivity contribution in [1.29, 1.82) is 0 Å². The molecule has 0 aliphatic carbocycles. The van der Waals surface area contributed by atoms with Crippen molar-refractivity contribution in [2.45, 2.75) is 18.7 Å². The summed E-state index contributed by atoms with van der Waals surface area (Å²) >= 11 is 3.02. The summed E-state index contributed by atoms with van der Waals surface area (Å²) in [5.41, 5.74) is 2.01. The molecule has 0 aliphatic rings. The molecule has 0 amide bonds. The second-order valence-corrected chi connectivity index (χ2v) is 5.05. The van der Waals surface area contributed by atoms with Gasteiger partial charge in [0.2, 0.25) is 0 Å². The van der Waals surface area contributed by atoms with Crippen LogP contribution < -0.4 is 0 Å². The summed E-state index contributed by atoms with van der Waals surface area (Å²) in [7, 11) is 0. The molecular formula is C11H11NOS2. The van der Waals surface area contributed by atoms with E-state index in [0.29, 0.717) is 0 Å². The van der Waals surface area contributed by atoms with Gasteiger partial charge in [-0.1, -0.05) is 0 Å². The van der Waals surface area contributed by atoms with E-state index in [2.05, 4.69) is 17.4 Å². The summed E-state index contributed by atoms with van der Waals surface area (Å²) in [5.74, 6) is 0.119. The minimum atomic E-state index is 0.119. The first-order chi connectivity index (χ1) is 7.15. The van der Waals surface area contributed by atoms with Crippen LogP contribution in [0.5, 0.6) is 0 Å². The van der Waals surface area contributed by atoms with Crippen molar-refractivity contribution in [1.82, 2.24) is 4.37 Å². The minimum absolute atomic E-state index is 0.119. The summed E-state index contributed by atoms with van der Waals surface area (Å²) in [6, 6.07) is 2.07. The predicted octanol–water partition coefficient (Wildman–Crippen LogP) is 3.53. The molecule has 4 heteroatoms. The molecule has 0 unspecified atom stereocenters. The van der Waals surface area contributed by atoms with Crippen molar-refractivity contribution < 1.29 is 4.79 Å². The smallest absolute Gasteiger partial charge is 0.162 e. The van der Waals surface area contributed by atoms with Gasteiger partial charge in [0.15, 0.2) is 5.78 Å². The van der Waals surface area contributed by atoms with E-state index in [1.54, 1.807) is 18.7 Å². The monoisotopic (exact) mass is 237 g/mol. The molecule has 0 aliphatic heterocycles. The lowest BCUT2D eigenvalue weighted by atomic mass is 10.1. The SMILES string of the molecule is CSc1cc(C)c2cnsc2c1C(C)=O. The summed E-state index contributed by atoms with van der Waals surface area (Å²) in [5, 5.41) is 1.10. The van der Waals surface area contributed by atoms with E-state index in [9.17, 15) is 4.79 Å². The quantitative estimate of drug-likeness (QED) is 0.591. The maximum absolute atomic E-state index is 11.6. The fourth-order valence-electron chi connectivity index (χ4n) is 1.65. The van der Waals surface area contributed by atoms with Gasteiger partial charge in [0.1, 0.15) is 0 Å². The molecule has 0 N–H and O–H groups in total. The number of thioether (sulfide) groups is 1. The molecule has 0 spiro atoms. The molecule has 0 fully saturated rings. The Balaban J connectivity index is 2.89. The van der Waals surface area contributed by atoms with E-state index >= 15 is 0 Å². The van der Waals surface area contributed by atoms with Gasteiger partial charge in [-0.05, 0) is 43.3 Å². The number of aryl methyl sites for hydroxylation is 1. The highest BCUT2D eigenvalue weighted by Crippen LogP contribution is 2.33. The Labute approximate surface area is 96.9 Å². The number of aromatic nitrogens is 1. The van der Waals surface area contributed by atoms with E-state index in [1.165, 1.54) is 17.1 Å². The van der Waals surface area contributed by atoms with E-state index in [0.717, 1.165) is 20.5 Å². The van der Waals surface area contributed by atoms with Crippen LogP contribution in [0.3, 0.4) is 0 Å². The Morgan fingerprint density at radius 1 is 1.53 bits per heavy atom. The van der Waals surface area contributed by atoms with E-state index in [4.69, 9.17) is 0 Å². The maximum Gasteiger partial charge on any atom is 0.162 e. The third kappa shape index (κ3) is 1.68. The summed E-state index contributed by atoms with van der Waals surface area (Å²) in [6.45, 7) is 3.67. The summed E-state index contributed by atoms with van der Waals surface area (Å²) in [4.78, 5) is 12.7. The molecule has 2 aromatic rings. The first kappa shape index (κ1) is 10.6. The highest BCUT2D eigenvalue weighted by molar-refractivity contribution is 7.98. The van der Waals surface area contributed by atoms with Gasteiger partial charge in [-0.15, -0.1) is 11.8 Å². The Morgan fingerprint density at radius 2 is 2.27 bits per heavy atom. The second kappa shape index (κ2) is 3.94. The molecule has 0 atom stereocenters. The number of carbonyl (C=O) groups excluding carboxylic acids is 1. The standard InChI is InChI=1S/C11H11NOS2/c1-6-4-9(14-3)10(7(2)13)11-8(6)5-12-15-11/h4-5H,1-3H3. The fraction of sp³-hybridized carbons (Fsp3) is 0.273. The van der Waals surface area contributed by atoms with Crippen molar-refractivity contribution in [3.8, 4) is 0 Å². The Bertz CT molecular complexity index is 531. The third-order valence-electron chi connectivity index (χ3n) is 2.39. The first-order valence-corrected chi connectivity index (χ1v) is 6.58. The highest BCUT2D eigenvalue weighted by atomic mass is 32.2. The van der Waals surface area contributed by atoms with E-state index < -0.39 is 0 Å². The summed E-state index contributed by atoms with van der Waals surface area (Å²) in [6.07, 6.45) is 3.83. The Morgan fingerprint density at radius 3 is 2.87 bits per heavy atom.